The molecule has 1 aliphatic rings. The third kappa shape index (κ3) is 2.28. The van der Waals surface area contributed by atoms with Gasteiger partial charge in [-0.1, -0.05) is 11.6 Å². The van der Waals surface area contributed by atoms with Gasteiger partial charge in [0.25, 0.3) is 5.56 Å². The third-order valence-corrected chi connectivity index (χ3v) is 3.69. The fourth-order valence-electron chi connectivity index (χ4n) is 2.41. The summed E-state index contributed by atoms with van der Waals surface area (Å²) < 4.78 is 13.0. The molecule has 0 aliphatic heterocycles. The van der Waals surface area contributed by atoms with Crippen molar-refractivity contribution >= 4 is 11.6 Å². The minimum atomic E-state index is -0.408. The van der Waals surface area contributed by atoms with Gasteiger partial charge in [-0.05, 0) is 43.9 Å². The summed E-state index contributed by atoms with van der Waals surface area (Å²) in [5, 5.41) is 0.249. The van der Waals surface area contributed by atoms with Crippen molar-refractivity contribution in [2.24, 2.45) is 0 Å². The summed E-state index contributed by atoms with van der Waals surface area (Å²) in [5.74, 6) is 0.00436. The van der Waals surface area contributed by atoms with Crippen LogP contribution in [0.3, 0.4) is 0 Å². The Kier molecular flexibility index (Phi) is 3.11. The van der Waals surface area contributed by atoms with Gasteiger partial charge in [-0.3, -0.25) is 4.79 Å². The first-order valence-electron chi connectivity index (χ1n) is 6.22. The number of benzene rings is 1. The Hall–Kier alpha value is -1.68. The first-order valence-corrected chi connectivity index (χ1v) is 6.60. The largest absolute Gasteiger partial charge is 0.306 e. The number of nitrogens with zero attached hydrogens (tertiary/aromatic N) is 1. The zero-order valence-corrected chi connectivity index (χ0v) is 10.9. The minimum absolute atomic E-state index is 0.111. The van der Waals surface area contributed by atoms with Crippen LogP contribution in [0.15, 0.2) is 23.0 Å². The summed E-state index contributed by atoms with van der Waals surface area (Å²) in [4.78, 5) is 19.2. The first-order chi connectivity index (χ1) is 9.15. The van der Waals surface area contributed by atoms with Gasteiger partial charge in [-0.2, -0.15) is 0 Å². The number of H-pyrrole nitrogens is 1. The molecule has 2 aromatic rings. The second-order valence-corrected chi connectivity index (χ2v) is 5.08. The maximum Gasteiger partial charge on any atom is 0.254 e. The molecule has 3 nitrogen and oxygen atoms in total. The lowest BCUT2D eigenvalue weighted by Gasteiger charge is -2.15. The quantitative estimate of drug-likeness (QED) is 0.871. The first kappa shape index (κ1) is 12.4. The Labute approximate surface area is 114 Å². The SMILES string of the molecule is O=c1[nH]c(-c2ccc(F)cc2Cl)nc2c1CCCC2. The van der Waals surface area contributed by atoms with Gasteiger partial charge in [0.2, 0.25) is 0 Å². The van der Waals surface area contributed by atoms with Crippen molar-refractivity contribution < 1.29 is 4.39 Å². The van der Waals surface area contributed by atoms with Crippen molar-refractivity contribution in [3.05, 3.63) is 50.7 Å². The summed E-state index contributed by atoms with van der Waals surface area (Å²) in [5.41, 5.74) is 2.05. The number of rotatable bonds is 1. The molecular formula is C14H12ClFN2O. The lowest BCUT2D eigenvalue weighted by atomic mass is 9.97. The van der Waals surface area contributed by atoms with Crippen LogP contribution in [0.25, 0.3) is 11.4 Å². The maximum absolute atomic E-state index is 13.0. The van der Waals surface area contributed by atoms with Crippen molar-refractivity contribution in [3.63, 3.8) is 0 Å². The fourth-order valence-corrected chi connectivity index (χ4v) is 2.67. The van der Waals surface area contributed by atoms with E-state index in [0.29, 0.717) is 11.4 Å². The molecule has 3 rings (SSSR count). The number of fused-ring (bicyclic) bond motifs is 1. The van der Waals surface area contributed by atoms with Gasteiger partial charge in [0.1, 0.15) is 11.6 Å². The van der Waals surface area contributed by atoms with Crippen LogP contribution >= 0.6 is 11.6 Å². The van der Waals surface area contributed by atoms with Gasteiger partial charge in [0, 0.05) is 11.1 Å². The third-order valence-electron chi connectivity index (χ3n) is 3.38. The molecule has 0 saturated heterocycles. The normalized spacial score (nSPS) is 14.2. The van der Waals surface area contributed by atoms with Crippen LogP contribution in [-0.2, 0) is 12.8 Å². The number of hydrogen-bond acceptors (Lipinski definition) is 2. The monoisotopic (exact) mass is 278 g/mol. The molecular weight excluding hydrogens is 267 g/mol. The summed E-state index contributed by atoms with van der Waals surface area (Å²) >= 11 is 6.00. The van der Waals surface area contributed by atoms with Gasteiger partial charge in [-0.25, -0.2) is 9.37 Å². The predicted molar refractivity (Wildman–Crippen MR) is 71.9 cm³/mol. The lowest BCUT2D eigenvalue weighted by molar-refractivity contribution is 0.628. The predicted octanol–water partition coefficient (Wildman–Crippen LogP) is 3.11. The smallest absolute Gasteiger partial charge is 0.254 e. The highest BCUT2D eigenvalue weighted by atomic mass is 35.5. The van der Waals surface area contributed by atoms with E-state index < -0.39 is 5.82 Å². The van der Waals surface area contributed by atoms with Crippen molar-refractivity contribution in [2.75, 3.05) is 0 Å². The van der Waals surface area contributed by atoms with E-state index in [2.05, 4.69) is 9.97 Å². The van der Waals surface area contributed by atoms with E-state index in [1.165, 1.54) is 18.2 Å². The van der Waals surface area contributed by atoms with Gasteiger partial charge in [-0.15, -0.1) is 0 Å². The molecule has 19 heavy (non-hydrogen) atoms. The van der Waals surface area contributed by atoms with E-state index in [1.54, 1.807) is 0 Å². The van der Waals surface area contributed by atoms with Gasteiger partial charge >= 0.3 is 0 Å². The van der Waals surface area contributed by atoms with Crippen LogP contribution < -0.4 is 5.56 Å². The Balaban J connectivity index is 2.15. The van der Waals surface area contributed by atoms with E-state index in [-0.39, 0.29) is 10.6 Å². The highest BCUT2D eigenvalue weighted by Gasteiger charge is 2.17. The zero-order chi connectivity index (χ0) is 13.4. The standard InChI is InChI=1S/C14H12ClFN2O/c15-11-7-8(16)5-6-9(11)13-17-12-4-2-1-3-10(12)14(19)18-13/h5-7H,1-4H2,(H,17,18,19). The molecule has 0 fully saturated rings. The average molecular weight is 279 g/mol. The van der Waals surface area contributed by atoms with Gasteiger partial charge < -0.3 is 4.98 Å². The lowest BCUT2D eigenvalue weighted by Crippen LogP contribution is -2.21. The fraction of sp³-hybridized carbons (Fsp3) is 0.286. The summed E-state index contributed by atoms with van der Waals surface area (Å²) in [7, 11) is 0. The molecule has 5 heteroatoms. The molecule has 1 aliphatic carbocycles. The second kappa shape index (κ2) is 4.78. The van der Waals surface area contributed by atoms with Crippen LogP contribution in [0, 0.1) is 5.82 Å². The molecule has 1 N–H and O–H groups in total. The molecule has 0 spiro atoms. The van der Waals surface area contributed by atoms with Crippen molar-refractivity contribution in [3.8, 4) is 11.4 Å². The van der Waals surface area contributed by atoms with Crippen LogP contribution in [0.5, 0.6) is 0 Å². The number of halogens is 2. The van der Waals surface area contributed by atoms with E-state index in [0.717, 1.165) is 36.9 Å². The summed E-state index contributed by atoms with van der Waals surface area (Å²) in [6.45, 7) is 0. The van der Waals surface area contributed by atoms with E-state index >= 15 is 0 Å². The summed E-state index contributed by atoms with van der Waals surface area (Å²) in [6.07, 6.45) is 3.65. The number of nitrogens with one attached hydrogen (secondary N) is 1. The number of aryl methyl sites for hydroxylation is 1. The Bertz CT molecular complexity index is 696. The van der Waals surface area contributed by atoms with Crippen molar-refractivity contribution in [1.29, 1.82) is 0 Å². The molecule has 0 unspecified atom stereocenters. The van der Waals surface area contributed by atoms with Crippen LogP contribution in [0.4, 0.5) is 4.39 Å². The molecule has 1 heterocycles. The minimum Gasteiger partial charge on any atom is -0.306 e. The molecule has 0 radical (unpaired) electrons. The van der Waals surface area contributed by atoms with Crippen LogP contribution in [0.2, 0.25) is 5.02 Å². The van der Waals surface area contributed by atoms with Gasteiger partial charge in [0.05, 0.1) is 10.7 Å². The molecule has 1 aromatic carbocycles. The Morgan fingerprint density at radius 2 is 2.05 bits per heavy atom. The Morgan fingerprint density at radius 3 is 2.84 bits per heavy atom. The van der Waals surface area contributed by atoms with Crippen molar-refractivity contribution in [2.45, 2.75) is 25.7 Å². The van der Waals surface area contributed by atoms with Gasteiger partial charge in [0.15, 0.2) is 0 Å². The number of aromatic nitrogens is 2. The average Bonchev–Trinajstić information content (AvgIpc) is 2.38. The molecule has 0 amide bonds. The molecule has 0 bridgehead atoms. The van der Waals surface area contributed by atoms with E-state index in [9.17, 15) is 9.18 Å². The zero-order valence-electron chi connectivity index (χ0n) is 10.2. The second-order valence-electron chi connectivity index (χ2n) is 4.67. The van der Waals surface area contributed by atoms with Crippen molar-refractivity contribution in [1.82, 2.24) is 9.97 Å². The highest BCUT2D eigenvalue weighted by molar-refractivity contribution is 6.33. The van der Waals surface area contributed by atoms with Crippen LogP contribution in [0.1, 0.15) is 24.1 Å². The van der Waals surface area contributed by atoms with Crippen LogP contribution in [-0.4, -0.2) is 9.97 Å². The summed E-state index contributed by atoms with van der Waals surface area (Å²) in [6, 6.07) is 4.06. The topological polar surface area (TPSA) is 45.8 Å². The number of hydrogen-bond donors (Lipinski definition) is 1. The molecule has 98 valence electrons. The van der Waals surface area contributed by atoms with E-state index in [4.69, 9.17) is 11.6 Å². The Morgan fingerprint density at radius 1 is 1.26 bits per heavy atom. The molecule has 1 aromatic heterocycles. The maximum atomic E-state index is 13.0. The number of aromatic amines is 1. The van der Waals surface area contributed by atoms with E-state index in [1.807, 2.05) is 0 Å². The molecule has 0 atom stereocenters. The highest BCUT2D eigenvalue weighted by Crippen LogP contribution is 2.26. The molecule has 0 saturated carbocycles.